The Morgan fingerprint density at radius 2 is 2.33 bits per heavy atom. The molecule has 1 aliphatic heterocycles. The van der Waals surface area contributed by atoms with Crippen molar-refractivity contribution in [2.75, 3.05) is 27.2 Å². The van der Waals surface area contributed by atoms with E-state index in [1.165, 1.54) is 36.6 Å². The van der Waals surface area contributed by atoms with Gasteiger partial charge in [0.05, 0.1) is 10.7 Å². The van der Waals surface area contributed by atoms with Crippen LogP contribution in [0.15, 0.2) is 5.38 Å². The van der Waals surface area contributed by atoms with Gasteiger partial charge in [0.15, 0.2) is 0 Å². The molecule has 1 aromatic rings. The largest absolute Gasteiger partial charge is 0.314 e. The van der Waals surface area contributed by atoms with E-state index in [4.69, 9.17) is 4.98 Å². The van der Waals surface area contributed by atoms with Crippen LogP contribution in [0.25, 0.3) is 0 Å². The molecular weight excluding hydrogens is 242 g/mol. The molecular formula is C14H25N3S. The Kier molecular flexibility index (Phi) is 4.41. The van der Waals surface area contributed by atoms with Gasteiger partial charge in [-0.1, -0.05) is 0 Å². The lowest BCUT2D eigenvalue weighted by molar-refractivity contribution is 0.248. The highest BCUT2D eigenvalue weighted by Crippen LogP contribution is 2.28. The normalized spacial score (nSPS) is 22.3. The number of likely N-dealkylation sites (tertiary alicyclic amines) is 1. The van der Waals surface area contributed by atoms with Gasteiger partial charge >= 0.3 is 0 Å². The predicted molar refractivity (Wildman–Crippen MR) is 78.4 cm³/mol. The molecule has 2 rings (SSSR count). The number of likely N-dealkylation sites (N-methyl/N-ethyl adjacent to an activating group) is 2. The van der Waals surface area contributed by atoms with Crippen LogP contribution >= 0.6 is 11.3 Å². The molecule has 0 bridgehead atoms. The summed E-state index contributed by atoms with van der Waals surface area (Å²) in [6.07, 6.45) is 3.61. The van der Waals surface area contributed by atoms with Crippen LogP contribution in [0.2, 0.25) is 0 Å². The molecule has 1 N–H and O–H groups in total. The fourth-order valence-corrected chi connectivity index (χ4v) is 3.57. The molecule has 102 valence electrons. The number of aromatic nitrogens is 1. The molecule has 0 saturated carbocycles. The molecule has 1 unspecified atom stereocenters. The van der Waals surface area contributed by atoms with E-state index in [1.807, 2.05) is 18.4 Å². The lowest BCUT2D eigenvalue weighted by atomic mass is 9.96. The van der Waals surface area contributed by atoms with Crippen LogP contribution in [0, 0.1) is 0 Å². The molecule has 1 fully saturated rings. The van der Waals surface area contributed by atoms with Crippen LogP contribution in [0.3, 0.4) is 0 Å². The molecule has 2 heterocycles. The third-order valence-corrected chi connectivity index (χ3v) is 4.75. The van der Waals surface area contributed by atoms with Crippen molar-refractivity contribution in [1.29, 1.82) is 0 Å². The van der Waals surface area contributed by atoms with E-state index in [1.54, 1.807) is 0 Å². The van der Waals surface area contributed by atoms with Crippen LogP contribution in [0.5, 0.6) is 0 Å². The topological polar surface area (TPSA) is 28.2 Å². The lowest BCUT2D eigenvalue weighted by Gasteiger charge is -2.28. The van der Waals surface area contributed by atoms with Gasteiger partial charge in [-0.15, -0.1) is 11.3 Å². The zero-order chi connectivity index (χ0) is 13.2. The minimum Gasteiger partial charge on any atom is -0.314 e. The molecule has 1 aliphatic rings. The Labute approximate surface area is 115 Å². The summed E-state index contributed by atoms with van der Waals surface area (Å²) < 4.78 is 0. The van der Waals surface area contributed by atoms with Crippen molar-refractivity contribution in [2.45, 2.75) is 44.6 Å². The Balaban J connectivity index is 2.01. The smallest absolute Gasteiger partial charge is 0.0946 e. The van der Waals surface area contributed by atoms with Crippen LogP contribution in [-0.2, 0) is 6.42 Å². The first-order valence-electron chi connectivity index (χ1n) is 6.82. The second-order valence-electron chi connectivity index (χ2n) is 6.08. The average Bonchev–Trinajstić information content (AvgIpc) is 2.77. The maximum atomic E-state index is 4.85. The molecule has 1 atom stereocenters. The summed E-state index contributed by atoms with van der Waals surface area (Å²) in [6, 6.07) is 0. The van der Waals surface area contributed by atoms with Crippen molar-refractivity contribution in [3.8, 4) is 0 Å². The first-order valence-corrected chi connectivity index (χ1v) is 7.70. The maximum Gasteiger partial charge on any atom is 0.0946 e. The molecule has 1 aromatic heterocycles. The third kappa shape index (κ3) is 3.53. The quantitative estimate of drug-likeness (QED) is 0.908. The van der Waals surface area contributed by atoms with Gasteiger partial charge in [-0.25, -0.2) is 4.98 Å². The van der Waals surface area contributed by atoms with Gasteiger partial charge in [0.1, 0.15) is 0 Å². The molecule has 1 saturated heterocycles. The summed E-state index contributed by atoms with van der Waals surface area (Å²) in [5, 5.41) is 6.87. The van der Waals surface area contributed by atoms with Gasteiger partial charge in [0.25, 0.3) is 0 Å². The van der Waals surface area contributed by atoms with Crippen LogP contribution < -0.4 is 5.32 Å². The fraction of sp³-hybridized carbons (Fsp3) is 0.786. The monoisotopic (exact) mass is 267 g/mol. The number of hydrogen-bond acceptors (Lipinski definition) is 4. The number of piperidine rings is 1. The molecule has 18 heavy (non-hydrogen) atoms. The summed E-state index contributed by atoms with van der Waals surface area (Å²) in [4.78, 5) is 7.27. The van der Waals surface area contributed by atoms with Gasteiger partial charge in [-0.2, -0.15) is 0 Å². The molecule has 3 nitrogen and oxygen atoms in total. The SMILES string of the molecule is CNC(C)(C)Cc1nc(C2CCCN(C)C2)cs1. The first-order chi connectivity index (χ1) is 8.50. The van der Waals surface area contributed by atoms with E-state index >= 15 is 0 Å². The summed E-state index contributed by atoms with van der Waals surface area (Å²) >= 11 is 1.82. The first kappa shape index (κ1) is 14.0. The van der Waals surface area contributed by atoms with E-state index in [9.17, 15) is 0 Å². The average molecular weight is 267 g/mol. The van der Waals surface area contributed by atoms with Gasteiger partial charge < -0.3 is 10.2 Å². The van der Waals surface area contributed by atoms with Crippen molar-refractivity contribution < 1.29 is 0 Å². The Morgan fingerprint density at radius 3 is 3.00 bits per heavy atom. The van der Waals surface area contributed by atoms with Crippen molar-refractivity contribution in [1.82, 2.24) is 15.2 Å². The second kappa shape index (κ2) is 5.68. The van der Waals surface area contributed by atoms with Crippen LogP contribution in [0.1, 0.15) is 43.3 Å². The standard InChI is InChI=1S/C14H25N3S/c1-14(2,15-3)8-13-16-12(10-18-13)11-6-5-7-17(4)9-11/h10-11,15H,5-9H2,1-4H3. The number of hydrogen-bond donors (Lipinski definition) is 1. The molecule has 0 aliphatic carbocycles. The van der Waals surface area contributed by atoms with Crippen LogP contribution in [-0.4, -0.2) is 42.6 Å². The minimum atomic E-state index is 0.137. The number of nitrogens with one attached hydrogen (secondary N) is 1. The number of rotatable bonds is 4. The zero-order valence-electron chi connectivity index (χ0n) is 12.0. The lowest BCUT2D eigenvalue weighted by Crippen LogP contribution is -2.38. The molecule has 0 amide bonds. The van der Waals surface area contributed by atoms with E-state index in [2.05, 4.69) is 36.5 Å². The second-order valence-corrected chi connectivity index (χ2v) is 7.02. The van der Waals surface area contributed by atoms with Crippen molar-refractivity contribution in [3.63, 3.8) is 0 Å². The van der Waals surface area contributed by atoms with E-state index in [0.29, 0.717) is 5.92 Å². The molecule has 0 spiro atoms. The highest BCUT2D eigenvalue weighted by atomic mass is 32.1. The highest BCUT2D eigenvalue weighted by Gasteiger charge is 2.23. The predicted octanol–water partition coefficient (Wildman–Crippen LogP) is 2.49. The molecule has 0 radical (unpaired) electrons. The van der Waals surface area contributed by atoms with Gasteiger partial charge in [-0.05, 0) is 47.3 Å². The van der Waals surface area contributed by atoms with Crippen molar-refractivity contribution in [2.24, 2.45) is 0 Å². The summed E-state index contributed by atoms with van der Waals surface area (Å²) in [6.45, 7) is 6.85. The Morgan fingerprint density at radius 1 is 1.56 bits per heavy atom. The molecule has 4 heteroatoms. The van der Waals surface area contributed by atoms with Gasteiger partial charge in [0, 0.05) is 29.8 Å². The van der Waals surface area contributed by atoms with E-state index < -0.39 is 0 Å². The summed E-state index contributed by atoms with van der Waals surface area (Å²) in [5.74, 6) is 0.645. The van der Waals surface area contributed by atoms with E-state index in [-0.39, 0.29) is 5.54 Å². The zero-order valence-corrected chi connectivity index (χ0v) is 12.8. The van der Waals surface area contributed by atoms with Gasteiger partial charge in [-0.3, -0.25) is 0 Å². The van der Waals surface area contributed by atoms with Crippen molar-refractivity contribution in [3.05, 3.63) is 16.1 Å². The van der Waals surface area contributed by atoms with Gasteiger partial charge in [0.2, 0.25) is 0 Å². The van der Waals surface area contributed by atoms with E-state index in [0.717, 1.165) is 6.42 Å². The number of nitrogens with zero attached hydrogens (tertiary/aromatic N) is 2. The minimum absolute atomic E-state index is 0.137. The highest BCUT2D eigenvalue weighted by molar-refractivity contribution is 7.09. The Hall–Kier alpha value is -0.450. The number of thiazole rings is 1. The van der Waals surface area contributed by atoms with Crippen molar-refractivity contribution >= 4 is 11.3 Å². The summed E-state index contributed by atoms with van der Waals surface area (Å²) in [7, 11) is 4.23. The maximum absolute atomic E-state index is 4.85. The third-order valence-electron chi connectivity index (χ3n) is 3.88. The fourth-order valence-electron chi connectivity index (χ4n) is 2.47. The molecule has 0 aromatic carbocycles. The Bertz CT molecular complexity index is 386. The summed E-state index contributed by atoms with van der Waals surface area (Å²) in [5.41, 5.74) is 1.45. The van der Waals surface area contributed by atoms with Crippen LogP contribution in [0.4, 0.5) is 0 Å².